The first-order valence-electron chi connectivity index (χ1n) is 13.5. The molecule has 5 aromatic rings. The molecular weight excluding hydrogens is 493 g/mol. The van der Waals surface area contributed by atoms with E-state index in [0.29, 0.717) is 19.1 Å². The second-order valence-corrected chi connectivity index (χ2v) is 9.22. The van der Waals surface area contributed by atoms with E-state index in [9.17, 15) is 4.39 Å². The van der Waals surface area contributed by atoms with Crippen LogP contribution in [0.25, 0.3) is 16.9 Å². The van der Waals surface area contributed by atoms with Gasteiger partial charge < -0.3 is 10.1 Å². The van der Waals surface area contributed by atoms with Crippen molar-refractivity contribution in [2.75, 3.05) is 31.6 Å². The minimum absolute atomic E-state index is 0.253. The van der Waals surface area contributed by atoms with Gasteiger partial charge in [-0.15, -0.1) is 5.10 Å². The maximum absolute atomic E-state index is 13.5. The summed E-state index contributed by atoms with van der Waals surface area (Å²) in [6.07, 6.45) is 6.29. The molecule has 0 spiro atoms. The summed E-state index contributed by atoms with van der Waals surface area (Å²) in [6, 6.07) is 20.2. The highest BCUT2D eigenvalue weighted by Crippen LogP contribution is 2.23. The molecule has 4 heterocycles. The van der Waals surface area contributed by atoms with Gasteiger partial charge in [0.15, 0.2) is 5.65 Å². The number of halogens is 1. The van der Waals surface area contributed by atoms with Crippen LogP contribution in [0.1, 0.15) is 32.3 Å². The van der Waals surface area contributed by atoms with Crippen molar-refractivity contribution in [3.05, 3.63) is 90.5 Å². The number of anilines is 2. The van der Waals surface area contributed by atoms with E-state index in [4.69, 9.17) is 4.74 Å². The van der Waals surface area contributed by atoms with E-state index in [-0.39, 0.29) is 5.82 Å². The van der Waals surface area contributed by atoms with Crippen LogP contribution in [-0.4, -0.2) is 55.5 Å². The number of pyridine rings is 1. The summed E-state index contributed by atoms with van der Waals surface area (Å²) in [5.74, 6) is 1.10. The first kappa shape index (κ1) is 26.4. The van der Waals surface area contributed by atoms with E-state index in [1.165, 1.54) is 38.1 Å². The lowest BCUT2D eigenvalue weighted by molar-refractivity contribution is 0.238. The van der Waals surface area contributed by atoms with Gasteiger partial charge in [-0.05, 0) is 80.0 Å². The first-order chi connectivity index (χ1) is 19.2. The fourth-order valence-electron chi connectivity index (χ4n) is 4.64. The van der Waals surface area contributed by atoms with Crippen molar-refractivity contribution in [1.82, 2.24) is 29.3 Å². The molecule has 0 saturated carbocycles. The normalized spacial score (nSPS) is 13.3. The summed E-state index contributed by atoms with van der Waals surface area (Å²) >= 11 is 0. The van der Waals surface area contributed by atoms with Gasteiger partial charge in [0.1, 0.15) is 18.2 Å². The van der Waals surface area contributed by atoms with Crippen molar-refractivity contribution in [1.29, 1.82) is 0 Å². The Hall–Kier alpha value is -4.24. The second kappa shape index (κ2) is 12.5. The molecule has 3 aromatic heterocycles. The molecule has 0 bridgehead atoms. The summed E-state index contributed by atoms with van der Waals surface area (Å²) in [5, 5.41) is 12.4. The molecule has 0 unspecified atom stereocenters. The Morgan fingerprint density at radius 2 is 1.77 bits per heavy atom. The van der Waals surface area contributed by atoms with Gasteiger partial charge in [-0.2, -0.15) is 10.1 Å². The zero-order chi connectivity index (χ0) is 27.0. The number of rotatable bonds is 9. The van der Waals surface area contributed by atoms with E-state index >= 15 is 0 Å². The molecule has 0 radical (unpaired) electrons. The lowest BCUT2D eigenvalue weighted by Gasteiger charge is -2.15. The zero-order valence-electron chi connectivity index (χ0n) is 22.4. The highest BCUT2D eigenvalue weighted by molar-refractivity contribution is 5.64. The van der Waals surface area contributed by atoms with Crippen LogP contribution in [0.15, 0.2) is 79.1 Å². The van der Waals surface area contributed by atoms with Crippen LogP contribution in [0.3, 0.4) is 0 Å². The zero-order valence-corrected chi connectivity index (χ0v) is 22.4. The predicted molar refractivity (Wildman–Crippen MR) is 152 cm³/mol. The average Bonchev–Trinajstić information content (AvgIpc) is 3.72. The van der Waals surface area contributed by atoms with Crippen LogP contribution in [0.4, 0.5) is 16.0 Å². The van der Waals surface area contributed by atoms with Gasteiger partial charge in [-0.3, -0.25) is 9.58 Å². The summed E-state index contributed by atoms with van der Waals surface area (Å²) in [5.41, 5.74) is 4.22. The average molecular weight is 528 g/mol. The standard InChI is InChI=1S/C28H28FN7O.C2H6/c29-23-6-3-5-21(17-23)19-35-20-22(18-30-35)26-7-4-8-27-32-28(33-36(26)27)31-24-9-11-25(12-10-24)37-16-15-34-13-1-2-14-34;1-2/h3-12,17-18,20H,1-2,13-16,19H2,(H,31,33);1-2H3. The smallest absolute Gasteiger partial charge is 0.247 e. The molecule has 202 valence electrons. The molecule has 1 aliphatic rings. The first-order valence-corrected chi connectivity index (χ1v) is 13.5. The molecule has 2 aromatic carbocycles. The maximum atomic E-state index is 13.5. The Labute approximate surface area is 228 Å². The second-order valence-electron chi connectivity index (χ2n) is 9.22. The van der Waals surface area contributed by atoms with Crippen LogP contribution >= 0.6 is 0 Å². The number of hydrogen-bond acceptors (Lipinski definition) is 6. The molecule has 0 atom stereocenters. The SMILES string of the molecule is CC.Fc1cccc(Cn2cc(-c3cccc4nc(Nc5ccc(OCCN6CCCC6)cc5)nn34)cn2)c1. The van der Waals surface area contributed by atoms with Crippen LogP contribution < -0.4 is 10.1 Å². The van der Waals surface area contributed by atoms with Crippen molar-refractivity contribution in [3.63, 3.8) is 0 Å². The van der Waals surface area contributed by atoms with E-state index in [1.54, 1.807) is 21.5 Å². The Morgan fingerprint density at radius 3 is 2.56 bits per heavy atom. The largest absolute Gasteiger partial charge is 0.492 e. The molecule has 39 heavy (non-hydrogen) atoms. The molecule has 9 heteroatoms. The van der Waals surface area contributed by atoms with Crippen molar-refractivity contribution < 1.29 is 9.13 Å². The Kier molecular flexibility index (Phi) is 8.48. The molecule has 1 saturated heterocycles. The van der Waals surface area contributed by atoms with Gasteiger partial charge in [0, 0.05) is 24.0 Å². The van der Waals surface area contributed by atoms with Gasteiger partial charge in [0.05, 0.1) is 18.4 Å². The Bertz CT molecular complexity index is 1490. The highest BCUT2D eigenvalue weighted by atomic mass is 19.1. The van der Waals surface area contributed by atoms with Crippen molar-refractivity contribution in [2.24, 2.45) is 0 Å². The number of nitrogens with one attached hydrogen (secondary N) is 1. The molecule has 1 aliphatic heterocycles. The molecular formula is C30H34FN7O. The number of hydrogen-bond donors (Lipinski definition) is 1. The topological polar surface area (TPSA) is 72.5 Å². The van der Waals surface area contributed by atoms with E-state index in [1.807, 2.05) is 68.6 Å². The van der Waals surface area contributed by atoms with Crippen molar-refractivity contribution in [3.8, 4) is 17.0 Å². The minimum Gasteiger partial charge on any atom is -0.492 e. The number of likely N-dealkylation sites (tertiary alicyclic amines) is 1. The Balaban J connectivity index is 0.00000151. The summed E-state index contributed by atoms with van der Waals surface area (Å²) in [6.45, 7) is 8.50. The van der Waals surface area contributed by atoms with Crippen LogP contribution in [0, 0.1) is 5.82 Å². The Morgan fingerprint density at radius 1 is 0.974 bits per heavy atom. The fourth-order valence-corrected chi connectivity index (χ4v) is 4.64. The third-order valence-electron chi connectivity index (χ3n) is 6.51. The maximum Gasteiger partial charge on any atom is 0.247 e. The minimum atomic E-state index is -0.253. The van der Waals surface area contributed by atoms with Gasteiger partial charge in [0.2, 0.25) is 5.95 Å². The van der Waals surface area contributed by atoms with Gasteiger partial charge in [0.25, 0.3) is 0 Å². The van der Waals surface area contributed by atoms with Crippen molar-refractivity contribution in [2.45, 2.75) is 33.2 Å². The van der Waals surface area contributed by atoms with Crippen molar-refractivity contribution >= 4 is 17.3 Å². The van der Waals surface area contributed by atoms with Gasteiger partial charge in [-0.1, -0.05) is 32.0 Å². The van der Waals surface area contributed by atoms with Crippen LogP contribution in [0.5, 0.6) is 5.75 Å². The predicted octanol–water partition coefficient (Wildman–Crippen LogP) is 6.02. The van der Waals surface area contributed by atoms with Gasteiger partial charge >= 0.3 is 0 Å². The molecule has 0 aliphatic carbocycles. The number of nitrogens with zero attached hydrogens (tertiary/aromatic N) is 6. The number of benzene rings is 2. The number of aromatic nitrogens is 5. The summed E-state index contributed by atoms with van der Waals surface area (Å²) < 4.78 is 23.0. The summed E-state index contributed by atoms with van der Waals surface area (Å²) in [7, 11) is 0. The van der Waals surface area contributed by atoms with E-state index in [2.05, 4.69) is 25.4 Å². The lowest BCUT2D eigenvalue weighted by atomic mass is 10.2. The number of fused-ring (bicyclic) bond motifs is 1. The fraction of sp³-hybridized carbons (Fsp3) is 0.300. The molecule has 6 rings (SSSR count). The molecule has 1 fully saturated rings. The molecule has 1 N–H and O–H groups in total. The molecule has 0 amide bonds. The van der Waals surface area contributed by atoms with Gasteiger partial charge in [-0.25, -0.2) is 8.91 Å². The summed E-state index contributed by atoms with van der Waals surface area (Å²) in [4.78, 5) is 7.07. The highest BCUT2D eigenvalue weighted by Gasteiger charge is 2.12. The number of ether oxygens (including phenoxy) is 1. The quantitative estimate of drug-likeness (QED) is 0.253. The van der Waals surface area contributed by atoms with Crippen LogP contribution in [-0.2, 0) is 6.54 Å². The van der Waals surface area contributed by atoms with E-state index in [0.717, 1.165) is 40.4 Å². The third kappa shape index (κ3) is 6.61. The van der Waals surface area contributed by atoms with Crippen LogP contribution in [0.2, 0.25) is 0 Å². The molecule has 8 nitrogen and oxygen atoms in total. The monoisotopic (exact) mass is 527 g/mol. The third-order valence-corrected chi connectivity index (χ3v) is 6.51. The van der Waals surface area contributed by atoms with E-state index < -0.39 is 0 Å². The lowest BCUT2D eigenvalue weighted by Crippen LogP contribution is -2.25.